The Hall–Kier alpha value is -1.23. The fourth-order valence-corrected chi connectivity index (χ4v) is 2.01. The number of allylic oxidation sites excluding steroid dienone is 2. The van der Waals surface area contributed by atoms with Crippen LogP contribution >= 0.6 is 0 Å². The fourth-order valence-electron chi connectivity index (χ4n) is 2.01. The van der Waals surface area contributed by atoms with Gasteiger partial charge in [-0.15, -0.1) is 11.8 Å². The van der Waals surface area contributed by atoms with E-state index in [1.165, 1.54) is 45.6 Å². The Labute approximate surface area is 131 Å². The summed E-state index contributed by atoms with van der Waals surface area (Å²) in [6, 6.07) is 0. The van der Waals surface area contributed by atoms with Crippen LogP contribution in [0.3, 0.4) is 0 Å². The fraction of sp³-hybridized carbons (Fsp3) is 0.737. The maximum Gasteiger partial charge on any atom is 0.305 e. The Bertz CT molecular complexity index is 320. The number of carbonyl (C=O) groups excluding carboxylic acids is 1. The smallest absolute Gasteiger partial charge is 0.305 e. The highest BCUT2D eigenvalue weighted by Crippen LogP contribution is 2.07. The Morgan fingerprint density at radius 3 is 2.33 bits per heavy atom. The van der Waals surface area contributed by atoms with E-state index in [1.807, 2.05) is 0 Å². The lowest BCUT2D eigenvalue weighted by Crippen LogP contribution is -1.99. The van der Waals surface area contributed by atoms with Crippen molar-refractivity contribution < 1.29 is 9.53 Å². The maximum absolute atomic E-state index is 10.9. The molecule has 0 aliphatic rings. The van der Waals surface area contributed by atoms with E-state index in [0.29, 0.717) is 6.42 Å². The molecule has 2 nitrogen and oxygen atoms in total. The van der Waals surface area contributed by atoms with Crippen molar-refractivity contribution in [3.63, 3.8) is 0 Å². The van der Waals surface area contributed by atoms with E-state index < -0.39 is 0 Å². The number of methoxy groups -OCH3 is 1. The molecule has 0 aliphatic carbocycles. The number of rotatable bonds is 12. The molecule has 0 aromatic carbocycles. The third kappa shape index (κ3) is 16.7. The molecule has 2 heteroatoms. The van der Waals surface area contributed by atoms with Crippen LogP contribution in [0, 0.1) is 11.8 Å². The van der Waals surface area contributed by atoms with Gasteiger partial charge in [-0.2, -0.15) is 0 Å². The van der Waals surface area contributed by atoms with Gasteiger partial charge in [0.2, 0.25) is 0 Å². The minimum atomic E-state index is -0.0930. The van der Waals surface area contributed by atoms with Crippen molar-refractivity contribution in [2.45, 2.75) is 84.0 Å². The number of hydrogen-bond acceptors (Lipinski definition) is 2. The van der Waals surface area contributed by atoms with E-state index in [4.69, 9.17) is 0 Å². The molecule has 0 atom stereocenters. The van der Waals surface area contributed by atoms with E-state index in [2.05, 4.69) is 35.7 Å². The maximum atomic E-state index is 10.9. The second kappa shape index (κ2) is 16.8. The summed E-state index contributed by atoms with van der Waals surface area (Å²) in [5.74, 6) is 6.39. The molecule has 0 amide bonds. The second-order valence-electron chi connectivity index (χ2n) is 5.35. The first-order valence-electron chi connectivity index (χ1n) is 8.48. The molecule has 0 radical (unpaired) electrons. The van der Waals surface area contributed by atoms with Crippen LogP contribution < -0.4 is 0 Å². The van der Waals surface area contributed by atoms with Crippen molar-refractivity contribution in [2.24, 2.45) is 0 Å². The SMILES string of the molecule is CCCCC=CCCC#CCCCCCCCC(=O)OC. The third-order valence-corrected chi connectivity index (χ3v) is 3.36. The molecule has 0 bridgehead atoms. The van der Waals surface area contributed by atoms with E-state index in [-0.39, 0.29) is 5.97 Å². The molecule has 0 rings (SSSR count). The highest BCUT2D eigenvalue weighted by Gasteiger charge is 1.98. The number of carbonyl (C=O) groups is 1. The molecule has 21 heavy (non-hydrogen) atoms. The van der Waals surface area contributed by atoms with Crippen molar-refractivity contribution in [3.05, 3.63) is 12.2 Å². The first-order chi connectivity index (χ1) is 10.3. The Kier molecular flexibility index (Phi) is 15.8. The Morgan fingerprint density at radius 2 is 1.57 bits per heavy atom. The number of unbranched alkanes of at least 4 members (excludes halogenated alkanes) is 8. The van der Waals surface area contributed by atoms with Crippen molar-refractivity contribution in [1.82, 2.24) is 0 Å². The largest absolute Gasteiger partial charge is 0.469 e. The van der Waals surface area contributed by atoms with E-state index >= 15 is 0 Å². The third-order valence-electron chi connectivity index (χ3n) is 3.36. The molecule has 0 aromatic rings. The van der Waals surface area contributed by atoms with Crippen LogP contribution in [0.25, 0.3) is 0 Å². The summed E-state index contributed by atoms with van der Waals surface area (Å²) in [7, 11) is 1.45. The van der Waals surface area contributed by atoms with Gasteiger partial charge < -0.3 is 4.74 Å². The lowest BCUT2D eigenvalue weighted by atomic mass is 10.1. The van der Waals surface area contributed by atoms with Gasteiger partial charge in [-0.25, -0.2) is 0 Å². The van der Waals surface area contributed by atoms with Crippen LogP contribution in [0.15, 0.2) is 12.2 Å². The molecule has 0 fully saturated rings. The summed E-state index contributed by atoms with van der Waals surface area (Å²) in [6.45, 7) is 2.22. The molecule has 120 valence electrons. The highest BCUT2D eigenvalue weighted by molar-refractivity contribution is 5.68. The monoisotopic (exact) mass is 292 g/mol. The van der Waals surface area contributed by atoms with E-state index in [0.717, 1.165) is 32.1 Å². The summed E-state index contributed by atoms with van der Waals surface area (Å²) < 4.78 is 4.61. The standard InChI is InChI=1S/C19H32O2/c1-3-4-5-6-7-8-9-10-11-12-13-14-15-16-17-18-19(20)21-2/h6-7H,3-5,8-9,12-18H2,1-2H3. The quantitative estimate of drug-likeness (QED) is 0.208. The van der Waals surface area contributed by atoms with Crippen LogP contribution in [0.2, 0.25) is 0 Å². The molecule has 0 saturated heterocycles. The van der Waals surface area contributed by atoms with E-state index in [1.54, 1.807) is 0 Å². The first-order valence-corrected chi connectivity index (χ1v) is 8.48. The Balaban J connectivity index is 3.23. The molecule has 0 aromatic heterocycles. The zero-order chi connectivity index (χ0) is 15.6. The lowest BCUT2D eigenvalue weighted by Gasteiger charge is -1.99. The van der Waals surface area contributed by atoms with Gasteiger partial charge >= 0.3 is 5.97 Å². The molecular weight excluding hydrogens is 260 g/mol. The van der Waals surface area contributed by atoms with E-state index in [9.17, 15) is 4.79 Å². The molecule has 0 N–H and O–H groups in total. The van der Waals surface area contributed by atoms with Gasteiger partial charge in [-0.05, 0) is 25.7 Å². The minimum Gasteiger partial charge on any atom is -0.469 e. The van der Waals surface area contributed by atoms with Gasteiger partial charge in [0.1, 0.15) is 0 Å². The van der Waals surface area contributed by atoms with Gasteiger partial charge in [-0.3, -0.25) is 4.79 Å². The number of esters is 1. The zero-order valence-electron chi connectivity index (χ0n) is 14.0. The van der Waals surface area contributed by atoms with Crippen LogP contribution in [0.4, 0.5) is 0 Å². The molecule has 0 heterocycles. The van der Waals surface area contributed by atoms with Gasteiger partial charge in [0.25, 0.3) is 0 Å². The van der Waals surface area contributed by atoms with Crippen molar-refractivity contribution in [3.8, 4) is 11.8 Å². The van der Waals surface area contributed by atoms with Gasteiger partial charge in [-0.1, -0.05) is 51.2 Å². The molecule has 0 unspecified atom stereocenters. The predicted octanol–water partition coefficient (Wildman–Crippen LogP) is 5.42. The molecule has 0 saturated carbocycles. The molecular formula is C19H32O2. The molecule has 0 aliphatic heterocycles. The van der Waals surface area contributed by atoms with Gasteiger partial charge in [0.15, 0.2) is 0 Å². The van der Waals surface area contributed by atoms with Crippen LogP contribution in [0.1, 0.15) is 84.0 Å². The number of hydrogen-bond donors (Lipinski definition) is 0. The summed E-state index contributed by atoms with van der Waals surface area (Å²) in [5.41, 5.74) is 0. The molecule has 0 spiro atoms. The number of ether oxygens (including phenoxy) is 1. The zero-order valence-corrected chi connectivity index (χ0v) is 14.0. The highest BCUT2D eigenvalue weighted by atomic mass is 16.5. The normalized spacial score (nSPS) is 10.4. The average Bonchev–Trinajstić information content (AvgIpc) is 2.50. The predicted molar refractivity (Wildman–Crippen MR) is 90.0 cm³/mol. The topological polar surface area (TPSA) is 26.3 Å². The first kappa shape index (κ1) is 19.8. The van der Waals surface area contributed by atoms with Crippen LogP contribution in [0.5, 0.6) is 0 Å². The summed E-state index contributed by atoms with van der Waals surface area (Å²) in [6.07, 6.45) is 17.6. The lowest BCUT2D eigenvalue weighted by molar-refractivity contribution is -0.140. The van der Waals surface area contributed by atoms with Crippen LogP contribution in [-0.2, 0) is 9.53 Å². The average molecular weight is 292 g/mol. The second-order valence-corrected chi connectivity index (χ2v) is 5.35. The summed E-state index contributed by atoms with van der Waals surface area (Å²) >= 11 is 0. The summed E-state index contributed by atoms with van der Waals surface area (Å²) in [5, 5.41) is 0. The summed E-state index contributed by atoms with van der Waals surface area (Å²) in [4.78, 5) is 10.9. The Morgan fingerprint density at radius 1 is 0.905 bits per heavy atom. The van der Waals surface area contributed by atoms with Crippen molar-refractivity contribution in [1.29, 1.82) is 0 Å². The van der Waals surface area contributed by atoms with Crippen molar-refractivity contribution >= 4 is 5.97 Å². The van der Waals surface area contributed by atoms with Crippen molar-refractivity contribution in [2.75, 3.05) is 7.11 Å². The minimum absolute atomic E-state index is 0.0930. The van der Waals surface area contributed by atoms with Crippen LogP contribution in [-0.4, -0.2) is 13.1 Å². The van der Waals surface area contributed by atoms with Gasteiger partial charge in [0, 0.05) is 19.3 Å². The van der Waals surface area contributed by atoms with Gasteiger partial charge in [0.05, 0.1) is 7.11 Å².